The molecule has 1 aromatic heterocycles. The first-order chi connectivity index (χ1) is 12.3. The summed E-state index contributed by atoms with van der Waals surface area (Å²) in [7, 11) is -3.46. The molecule has 0 aliphatic carbocycles. The van der Waals surface area contributed by atoms with Gasteiger partial charge in [-0.25, -0.2) is 8.42 Å². The number of nitrogens with zero attached hydrogens (tertiary/aromatic N) is 2. The molecule has 2 heterocycles. The Bertz CT molecular complexity index is 876. The molecule has 0 saturated carbocycles. The minimum absolute atomic E-state index is 0. The second-order valence-corrected chi connectivity index (χ2v) is 10.9. The van der Waals surface area contributed by atoms with Crippen LogP contribution in [0, 0.1) is 6.92 Å². The molecule has 1 aromatic carbocycles. The van der Waals surface area contributed by atoms with E-state index in [-0.39, 0.29) is 18.2 Å². The molecule has 1 aliphatic heterocycles. The van der Waals surface area contributed by atoms with Gasteiger partial charge in [0.05, 0.1) is 15.2 Å². The van der Waals surface area contributed by atoms with Crippen LogP contribution < -0.4 is 0 Å². The van der Waals surface area contributed by atoms with Crippen molar-refractivity contribution in [2.24, 2.45) is 0 Å². The summed E-state index contributed by atoms with van der Waals surface area (Å²) in [5, 5.41) is 0. The molecule has 0 bridgehead atoms. The highest BCUT2D eigenvalue weighted by Gasteiger charge is 2.28. The zero-order valence-corrected chi connectivity index (χ0v) is 19.0. The molecular formula is C18H22BrClN2O3S2. The maximum absolute atomic E-state index is 12.7. The van der Waals surface area contributed by atoms with Gasteiger partial charge in [-0.15, -0.1) is 23.7 Å². The number of halogens is 2. The van der Waals surface area contributed by atoms with Crippen LogP contribution in [0.2, 0.25) is 0 Å². The van der Waals surface area contributed by atoms with Crippen molar-refractivity contribution in [1.82, 2.24) is 9.21 Å². The highest BCUT2D eigenvalue weighted by molar-refractivity contribution is 9.11. The van der Waals surface area contributed by atoms with Gasteiger partial charge in [0.1, 0.15) is 0 Å². The van der Waals surface area contributed by atoms with Crippen LogP contribution in [0.25, 0.3) is 0 Å². The summed E-state index contributed by atoms with van der Waals surface area (Å²) in [5.41, 5.74) is 1.03. The lowest BCUT2D eigenvalue weighted by molar-refractivity contribution is -0.119. The van der Waals surface area contributed by atoms with E-state index in [1.165, 1.54) is 4.31 Å². The lowest BCUT2D eigenvalue weighted by atomic mass is 10.2. The van der Waals surface area contributed by atoms with E-state index < -0.39 is 10.0 Å². The van der Waals surface area contributed by atoms with Gasteiger partial charge in [-0.3, -0.25) is 9.69 Å². The Balaban J connectivity index is 0.00000261. The van der Waals surface area contributed by atoms with Crippen molar-refractivity contribution in [3.63, 3.8) is 0 Å². The number of aryl methyl sites for hydroxylation is 1. The molecule has 27 heavy (non-hydrogen) atoms. The van der Waals surface area contributed by atoms with Gasteiger partial charge in [-0.1, -0.05) is 17.7 Å². The Labute approximate surface area is 179 Å². The van der Waals surface area contributed by atoms with E-state index >= 15 is 0 Å². The third-order valence-electron chi connectivity index (χ3n) is 4.39. The SMILES string of the molecule is Cc1ccc(S(=O)(=O)N2CCN(CC(=O)Cc3ccc(Br)s3)CC2)cc1.Cl. The molecule has 0 amide bonds. The summed E-state index contributed by atoms with van der Waals surface area (Å²) in [6.07, 6.45) is 0.429. The van der Waals surface area contributed by atoms with Crippen molar-refractivity contribution in [3.8, 4) is 0 Å². The number of sulfonamides is 1. The van der Waals surface area contributed by atoms with Crippen LogP contribution in [0.3, 0.4) is 0 Å². The predicted octanol–water partition coefficient (Wildman–Crippen LogP) is 3.36. The fourth-order valence-electron chi connectivity index (χ4n) is 2.93. The van der Waals surface area contributed by atoms with Crippen LogP contribution in [0.1, 0.15) is 10.4 Å². The van der Waals surface area contributed by atoms with Crippen LogP contribution in [0.5, 0.6) is 0 Å². The average molecular weight is 494 g/mol. The van der Waals surface area contributed by atoms with Gasteiger partial charge in [-0.05, 0) is 47.1 Å². The molecule has 0 spiro atoms. The smallest absolute Gasteiger partial charge is 0.243 e. The van der Waals surface area contributed by atoms with Crippen LogP contribution >= 0.6 is 39.7 Å². The number of ketones is 1. The summed E-state index contributed by atoms with van der Waals surface area (Å²) < 4.78 is 27.9. The van der Waals surface area contributed by atoms with Gasteiger partial charge in [0.2, 0.25) is 10.0 Å². The zero-order valence-electron chi connectivity index (χ0n) is 14.9. The molecule has 0 unspecified atom stereocenters. The van der Waals surface area contributed by atoms with E-state index in [0.29, 0.717) is 44.0 Å². The molecule has 148 valence electrons. The van der Waals surface area contributed by atoms with Crippen LogP contribution in [-0.4, -0.2) is 56.1 Å². The molecule has 0 radical (unpaired) electrons. The largest absolute Gasteiger partial charge is 0.298 e. The predicted molar refractivity (Wildman–Crippen MR) is 114 cm³/mol. The molecule has 2 aromatic rings. The number of hydrogen-bond donors (Lipinski definition) is 0. The van der Waals surface area contributed by atoms with E-state index in [9.17, 15) is 13.2 Å². The summed E-state index contributed by atoms with van der Waals surface area (Å²) in [5.74, 6) is 0.161. The Hall–Kier alpha value is -0.770. The van der Waals surface area contributed by atoms with Crippen molar-refractivity contribution < 1.29 is 13.2 Å². The molecule has 3 rings (SSSR count). The topological polar surface area (TPSA) is 57.7 Å². The number of Topliss-reactive ketones (excluding diaryl/α,β-unsaturated/α-hetero) is 1. The summed E-state index contributed by atoms with van der Waals surface area (Å²) >= 11 is 4.97. The molecule has 1 aliphatic rings. The second-order valence-electron chi connectivity index (χ2n) is 6.41. The maximum atomic E-state index is 12.7. The maximum Gasteiger partial charge on any atom is 0.243 e. The first-order valence-corrected chi connectivity index (χ1v) is 11.4. The van der Waals surface area contributed by atoms with Crippen molar-refractivity contribution in [2.45, 2.75) is 18.2 Å². The van der Waals surface area contributed by atoms with E-state index in [1.54, 1.807) is 23.5 Å². The second kappa shape index (κ2) is 9.62. The lowest BCUT2D eigenvalue weighted by Gasteiger charge is -2.33. The quantitative estimate of drug-likeness (QED) is 0.619. The summed E-state index contributed by atoms with van der Waals surface area (Å²) in [4.78, 5) is 15.6. The van der Waals surface area contributed by atoms with E-state index in [1.807, 2.05) is 36.1 Å². The third-order valence-corrected chi connectivity index (χ3v) is 7.93. The van der Waals surface area contributed by atoms with Crippen LogP contribution in [0.4, 0.5) is 0 Å². The Morgan fingerprint density at radius 1 is 1.07 bits per heavy atom. The average Bonchev–Trinajstić information content (AvgIpc) is 3.00. The molecule has 0 atom stereocenters. The third kappa shape index (κ3) is 5.85. The van der Waals surface area contributed by atoms with Gasteiger partial charge >= 0.3 is 0 Å². The van der Waals surface area contributed by atoms with Crippen molar-refractivity contribution in [3.05, 3.63) is 50.6 Å². The number of benzene rings is 1. The summed E-state index contributed by atoms with van der Waals surface area (Å²) in [6.45, 7) is 4.27. The van der Waals surface area contributed by atoms with E-state index in [2.05, 4.69) is 15.9 Å². The number of rotatable bonds is 6. The minimum atomic E-state index is -3.46. The van der Waals surface area contributed by atoms with Crippen LogP contribution in [-0.2, 0) is 21.2 Å². The standard InChI is InChI=1S/C18H21BrN2O3S2.ClH/c1-14-2-5-17(6-3-14)26(23,24)21-10-8-20(9-11-21)13-15(22)12-16-4-7-18(19)25-16;/h2-7H,8-13H2,1H3;1H. The van der Waals surface area contributed by atoms with E-state index in [0.717, 1.165) is 14.2 Å². The Morgan fingerprint density at radius 2 is 1.70 bits per heavy atom. The monoisotopic (exact) mass is 492 g/mol. The Morgan fingerprint density at radius 3 is 2.26 bits per heavy atom. The van der Waals surface area contributed by atoms with Crippen molar-refractivity contribution >= 4 is 55.5 Å². The van der Waals surface area contributed by atoms with Gasteiger partial charge in [0.15, 0.2) is 5.78 Å². The molecule has 5 nitrogen and oxygen atoms in total. The minimum Gasteiger partial charge on any atom is -0.298 e. The Kier molecular flexibility index (Phi) is 8.03. The van der Waals surface area contributed by atoms with E-state index in [4.69, 9.17) is 0 Å². The first kappa shape index (κ1) is 22.5. The van der Waals surface area contributed by atoms with Crippen LogP contribution in [0.15, 0.2) is 45.1 Å². The zero-order chi connectivity index (χ0) is 18.7. The van der Waals surface area contributed by atoms with Gasteiger partial charge in [-0.2, -0.15) is 4.31 Å². The molecule has 1 fully saturated rings. The fraction of sp³-hybridized carbons (Fsp3) is 0.389. The fourth-order valence-corrected chi connectivity index (χ4v) is 5.87. The number of thiophene rings is 1. The first-order valence-electron chi connectivity index (χ1n) is 8.40. The van der Waals surface area contributed by atoms with Gasteiger partial charge in [0.25, 0.3) is 0 Å². The van der Waals surface area contributed by atoms with Gasteiger partial charge in [0, 0.05) is 37.5 Å². The summed E-state index contributed by atoms with van der Waals surface area (Å²) in [6, 6.07) is 10.8. The van der Waals surface area contributed by atoms with Crippen molar-refractivity contribution in [2.75, 3.05) is 32.7 Å². The van der Waals surface area contributed by atoms with Gasteiger partial charge < -0.3 is 0 Å². The number of hydrogen-bond acceptors (Lipinski definition) is 5. The van der Waals surface area contributed by atoms with Crippen molar-refractivity contribution in [1.29, 1.82) is 0 Å². The number of carbonyl (C=O) groups excluding carboxylic acids is 1. The normalized spacial score (nSPS) is 16.1. The lowest BCUT2D eigenvalue weighted by Crippen LogP contribution is -2.49. The number of carbonyl (C=O) groups is 1. The molecule has 9 heteroatoms. The molecule has 0 N–H and O–H groups in total. The number of piperazine rings is 1. The highest BCUT2D eigenvalue weighted by atomic mass is 79.9. The molecular weight excluding hydrogens is 472 g/mol. The highest BCUT2D eigenvalue weighted by Crippen LogP contribution is 2.23. The molecule has 1 saturated heterocycles.